The van der Waals surface area contributed by atoms with Gasteiger partial charge in [0.05, 0.1) is 11.4 Å². The van der Waals surface area contributed by atoms with Gasteiger partial charge in [0, 0.05) is 25.1 Å². The van der Waals surface area contributed by atoms with Gasteiger partial charge >= 0.3 is 6.03 Å². The smallest absolute Gasteiger partial charge is 0.322 e. The van der Waals surface area contributed by atoms with Gasteiger partial charge in [-0.05, 0) is 42.1 Å². The lowest BCUT2D eigenvalue weighted by Gasteiger charge is -2.26. The number of aromatic amines is 1. The molecule has 0 saturated heterocycles. The van der Waals surface area contributed by atoms with E-state index >= 15 is 0 Å². The Morgan fingerprint density at radius 3 is 2.59 bits per heavy atom. The predicted octanol–water partition coefficient (Wildman–Crippen LogP) is 4.08. The molecule has 0 saturated carbocycles. The van der Waals surface area contributed by atoms with Gasteiger partial charge in [-0.15, -0.1) is 0 Å². The number of urea groups is 1. The first-order valence-electron chi connectivity index (χ1n) is 7.93. The Labute approximate surface area is 157 Å². The fourth-order valence-corrected chi connectivity index (χ4v) is 2.87. The van der Waals surface area contributed by atoms with Crippen molar-refractivity contribution in [1.29, 1.82) is 0 Å². The van der Waals surface area contributed by atoms with Crippen molar-refractivity contribution >= 4 is 34.1 Å². The Bertz CT molecular complexity index is 1090. The third-order valence-electron chi connectivity index (χ3n) is 4.30. The highest BCUT2D eigenvalue weighted by molar-refractivity contribution is 6.29. The maximum absolute atomic E-state index is 13.7. The summed E-state index contributed by atoms with van der Waals surface area (Å²) in [5.74, 6) is -2.18. The quantitative estimate of drug-likeness (QED) is 0.659. The summed E-state index contributed by atoms with van der Waals surface area (Å²) < 4.78 is 27.2. The molecule has 1 atom stereocenters. The van der Waals surface area contributed by atoms with E-state index in [-0.39, 0.29) is 15.9 Å². The summed E-state index contributed by atoms with van der Waals surface area (Å²) in [4.78, 5) is 32.1. The molecule has 0 spiro atoms. The Hall–Kier alpha value is -3.00. The molecule has 3 rings (SSSR count). The van der Waals surface area contributed by atoms with Crippen LogP contribution in [0.15, 0.2) is 41.5 Å². The summed E-state index contributed by atoms with van der Waals surface area (Å²) in [6, 6.07) is 3.87. The van der Waals surface area contributed by atoms with E-state index in [4.69, 9.17) is 11.6 Å². The molecule has 0 aliphatic heterocycles. The zero-order chi connectivity index (χ0) is 19.7. The van der Waals surface area contributed by atoms with Crippen molar-refractivity contribution in [2.45, 2.75) is 13.0 Å². The molecule has 0 radical (unpaired) electrons. The number of pyridine rings is 2. The number of benzene rings is 1. The second kappa shape index (κ2) is 7.32. The minimum absolute atomic E-state index is 0.00738. The molecule has 2 amide bonds. The number of nitrogens with one attached hydrogen (secondary N) is 2. The molecule has 1 aromatic carbocycles. The van der Waals surface area contributed by atoms with Gasteiger partial charge in [-0.25, -0.2) is 18.6 Å². The largest absolute Gasteiger partial charge is 0.328 e. The van der Waals surface area contributed by atoms with Crippen LogP contribution in [0.1, 0.15) is 18.5 Å². The minimum Gasteiger partial charge on any atom is -0.328 e. The SMILES string of the molecule is CC(c1c[nH]c(=O)c2cc(F)c(F)cc12)N(C)C(=O)Nc1ccnc(Cl)c1. The van der Waals surface area contributed by atoms with E-state index in [0.29, 0.717) is 11.3 Å². The fourth-order valence-electron chi connectivity index (χ4n) is 2.69. The van der Waals surface area contributed by atoms with Crippen LogP contribution in [-0.4, -0.2) is 27.9 Å². The monoisotopic (exact) mass is 392 g/mol. The summed E-state index contributed by atoms with van der Waals surface area (Å²) in [6.07, 6.45) is 2.84. The number of carbonyl (C=O) groups excluding carboxylic acids is 1. The van der Waals surface area contributed by atoms with Crippen LogP contribution in [0.25, 0.3) is 10.8 Å². The zero-order valence-electron chi connectivity index (χ0n) is 14.4. The van der Waals surface area contributed by atoms with Crippen molar-refractivity contribution in [3.8, 4) is 0 Å². The van der Waals surface area contributed by atoms with Gasteiger partial charge in [-0.2, -0.15) is 0 Å². The molecular weight excluding hydrogens is 378 g/mol. The van der Waals surface area contributed by atoms with E-state index in [1.807, 2.05) is 0 Å². The van der Waals surface area contributed by atoms with Crippen LogP contribution < -0.4 is 10.9 Å². The van der Waals surface area contributed by atoms with Gasteiger partial charge < -0.3 is 15.2 Å². The van der Waals surface area contributed by atoms with Gasteiger partial charge in [0.15, 0.2) is 11.6 Å². The summed E-state index contributed by atoms with van der Waals surface area (Å²) in [5, 5.41) is 3.14. The van der Waals surface area contributed by atoms with Gasteiger partial charge in [0.25, 0.3) is 5.56 Å². The van der Waals surface area contributed by atoms with Crippen LogP contribution in [0.2, 0.25) is 5.15 Å². The van der Waals surface area contributed by atoms with E-state index in [2.05, 4.69) is 15.3 Å². The Morgan fingerprint density at radius 2 is 1.93 bits per heavy atom. The maximum atomic E-state index is 13.7. The lowest BCUT2D eigenvalue weighted by atomic mass is 10.0. The van der Waals surface area contributed by atoms with E-state index in [1.165, 1.54) is 23.4 Å². The van der Waals surface area contributed by atoms with Gasteiger partial charge in [0.1, 0.15) is 5.15 Å². The average Bonchev–Trinajstić information content (AvgIpc) is 2.62. The summed E-state index contributed by atoms with van der Waals surface area (Å²) in [7, 11) is 1.54. The number of hydrogen-bond acceptors (Lipinski definition) is 3. The zero-order valence-corrected chi connectivity index (χ0v) is 15.1. The van der Waals surface area contributed by atoms with Crippen molar-refractivity contribution < 1.29 is 13.6 Å². The molecule has 27 heavy (non-hydrogen) atoms. The third kappa shape index (κ3) is 3.75. The van der Waals surface area contributed by atoms with E-state index < -0.39 is 29.3 Å². The molecule has 9 heteroatoms. The number of rotatable bonds is 3. The molecule has 2 N–H and O–H groups in total. The number of aromatic nitrogens is 2. The topological polar surface area (TPSA) is 78.1 Å². The van der Waals surface area contributed by atoms with Crippen LogP contribution in [-0.2, 0) is 0 Å². The number of anilines is 1. The molecule has 0 aliphatic carbocycles. The number of amides is 2. The number of H-pyrrole nitrogens is 1. The van der Waals surface area contributed by atoms with Gasteiger partial charge in [-0.3, -0.25) is 4.79 Å². The lowest BCUT2D eigenvalue weighted by molar-refractivity contribution is 0.208. The molecular formula is C18H15ClF2N4O2. The molecule has 2 aromatic heterocycles. The molecule has 0 bridgehead atoms. The maximum Gasteiger partial charge on any atom is 0.322 e. The molecule has 140 valence electrons. The highest BCUT2D eigenvalue weighted by Gasteiger charge is 2.21. The van der Waals surface area contributed by atoms with E-state index in [1.54, 1.807) is 20.0 Å². The number of hydrogen-bond donors (Lipinski definition) is 2. The van der Waals surface area contributed by atoms with Gasteiger partial charge in [-0.1, -0.05) is 11.6 Å². The Balaban J connectivity index is 1.94. The average molecular weight is 393 g/mol. The number of halogens is 3. The first-order chi connectivity index (χ1) is 12.8. The Morgan fingerprint density at radius 1 is 1.26 bits per heavy atom. The molecule has 0 fully saturated rings. The number of nitrogens with zero attached hydrogens (tertiary/aromatic N) is 2. The van der Waals surface area contributed by atoms with Crippen molar-refractivity contribution in [3.63, 3.8) is 0 Å². The van der Waals surface area contributed by atoms with Crippen LogP contribution in [0.3, 0.4) is 0 Å². The molecule has 1 unspecified atom stereocenters. The second-order valence-corrected chi connectivity index (χ2v) is 6.36. The molecule has 2 heterocycles. The van der Waals surface area contributed by atoms with E-state index in [0.717, 1.165) is 12.1 Å². The lowest BCUT2D eigenvalue weighted by Crippen LogP contribution is -2.34. The summed E-state index contributed by atoms with van der Waals surface area (Å²) in [5.41, 5.74) is 0.380. The number of carbonyl (C=O) groups is 1. The van der Waals surface area contributed by atoms with Crippen LogP contribution in [0.4, 0.5) is 19.3 Å². The summed E-state index contributed by atoms with van der Waals surface area (Å²) in [6.45, 7) is 1.70. The van der Waals surface area contributed by atoms with Crippen LogP contribution >= 0.6 is 11.6 Å². The second-order valence-electron chi connectivity index (χ2n) is 5.97. The van der Waals surface area contributed by atoms with Gasteiger partial charge in [0.2, 0.25) is 0 Å². The highest BCUT2D eigenvalue weighted by Crippen LogP contribution is 2.27. The van der Waals surface area contributed by atoms with Crippen LogP contribution in [0, 0.1) is 11.6 Å². The predicted molar refractivity (Wildman–Crippen MR) is 98.9 cm³/mol. The first kappa shape index (κ1) is 18.8. The number of fused-ring (bicyclic) bond motifs is 1. The summed E-state index contributed by atoms with van der Waals surface area (Å²) >= 11 is 5.80. The van der Waals surface area contributed by atoms with Crippen molar-refractivity contribution in [1.82, 2.24) is 14.9 Å². The standard InChI is InChI=1S/C18H15ClF2N4O2/c1-9(25(2)18(27)24-10-3-4-22-16(19)5-10)13-8-23-17(26)12-7-15(21)14(20)6-11(12)13/h3-9H,1-2H3,(H,23,26)(H,22,24,27). The first-order valence-corrected chi connectivity index (χ1v) is 8.31. The minimum atomic E-state index is -1.11. The normalized spacial score (nSPS) is 12.0. The Kier molecular flexibility index (Phi) is 5.09. The molecule has 3 aromatic rings. The highest BCUT2D eigenvalue weighted by atomic mass is 35.5. The van der Waals surface area contributed by atoms with E-state index in [9.17, 15) is 18.4 Å². The van der Waals surface area contributed by atoms with Crippen molar-refractivity contribution in [2.75, 3.05) is 12.4 Å². The fraction of sp³-hybridized carbons (Fsp3) is 0.167. The van der Waals surface area contributed by atoms with Crippen LogP contribution in [0.5, 0.6) is 0 Å². The molecule has 6 nitrogen and oxygen atoms in total. The third-order valence-corrected chi connectivity index (χ3v) is 4.51. The molecule has 0 aliphatic rings. The van der Waals surface area contributed by atoms with Crippen molar-refractivity contribution in [3.05, 3.63) is 69.4 Å². The van der Waals surface area contributed by atoms with Crippen molar-refractivity contribution in [2.24, 2.45) is 0 Å².